The maximum absolute atomic E-state index is 11.9. The summed E-state index contributed by atoms with van der Waals surface area (Å²) in [6.07, 6.45) is 2.01. The predicted molar refractivity (Wildman–Crippen MR) is 117 cm³/mol. The molecule has 2 heterocycles. The first-order valence-electron chi connectivity index (χ1n) is 9.75. The number of nitrogens with zero attached hydrogens (tertiary/aromatic N) is 4. The molecule has 0 spiro atoms. The first kappa shape index (κ1) is 19.6. The van der Waals surface area contributed by atoms with E-state index in [0.29, 0.717) is 32.1 Å². The molecular weight excluding hydrogens is 386 g/mol. The maximum atomic E-state index is 11.9. The van der Waals surface area contributed by atoms with Gasteiger partial charge in [0.15, 0.2) is 0 Å². The minimum atomic E-state index is -3.18. The maximum Gasteiger partial charge on any atom is 0.227 e. The van der Waals surface area contributed by atoms with Crippen molar-refractivity contribution in [3.8, 4) is 0 Å². The lowest BCUT2D eigenvalue weighted by molar-refractivity contribution is 0.437. The fourth-order valence-electron chi connectivity index (χ4n) is 3.55. The number of hydrogen-bond acceptors (Lipinski definition) is 6. The molecule has 8 heteroatoms. The number of benzene rings is 2. The van der Waals surface area contributed by atoms with Crippen LogP contribution in [0.1, 0.15) is 12.0 Å². The number of hydrogen-bond donors (Lipinski definition) is 1. The standard InChI is InChI=1S/C21H25N5O2S/c1-29(27,28)26-13-7-12-25(14-15-26)21-23-19-11-6-5-10-18(19)20(24-21)22-16-17-8-3-2-4-9-17/h2-6,8-11H,7,12-16H2,1H3,(H,22,23,24). The van der Waals surface area contributed by atoms with Crippen LogP contribution in [-0.4, -0.2) is 55.1 Å². The highest BCUT2D eigenvalue weighted by Crippen LogP contribution is 2.25. The van der Waals surface area contributed by atoms with Gasteiger partial charge < -0.3 is 10.2 Å². The van der Waals surface area contributed by atoms with Crippen LogP contribution in [0.3, 0.4) is 0 Å². The van der Waals surface area contributed by atoms with E-state index < -0.39 is 10.0 Å². The van der Waals surface area contributed by atoms with Crippen LogP contribution in [-0.2, 0) is 16.6 Å². The quantitative estimate of drug-likeness (QED) is 0.696. The Morgan fingerprint density at radius 3 is 2.48 bits per heavy atom. The van der Waals surface area contributed by atoms with Crippen molar-refractivity contribution in [3.63, 3.8) is 0 Å². The second kappa shape index (κ2) is 8.34. The summed E-state index contributed by atoms with van der Waals surface area (Å²) in [5, 5.41) is 4.42. The van der Waals surface area contributed by atoms with Crippen LogP contribution in [0.15, 0.2) is 54.6 Å². The summed E-state index contributed by atoms with van der Waals surface area (Å²) in [4.78, 5) is 11.6. The van der Waals surface area contributed by atoms with Gasteiger partial charge in [0.2, 0.25) is 16.0 Å². The smallest absolute Gasteiger partial charge is 0.227 e. The average molecular weight is 412 g/mol. The number of nitrogens with one attached hydrogen (secondary N) is 1. The van der Waals surface area contributed by atoms with E-state index in [1.165, 1.54) is 16.1 Å². The average Bonchev–Trinajstić information content (AvgIpc) is 2.99. The van der Waals surface area contributed by atoms with Crippen LogP contribution >= 0.6 is 0 Å². The van der Waals surface area contributed by atoms with Crippen molar-refractivity contribution in [3.05, 3.63) is 60.2 Å². The Kier molecular flexibility index (Phi) is 5.64. The van der Waals surface area contributed by atoms with E-state index in [-0.39, 0.29) is 0 Å². The highest BCUT2D eigenvalue weighted by atomic mass is 32.2. The lowest BCUT2D eigenvalue weighted by Gasteiger charge is -2.22. The molecule has 0 bridgehead atoms. The molecule has 1 aromatic heterocycles. The predicted octanol–water partition coefficient (Wildman–Crippen LogP) is 2.71. The number of rotatable bonds is 5. The molecule has 0 amide bonds. The molecule has 0 saturated carbocycles. The number of fused-ring (bicyclic) bond motifs is 1. The van der Waals surface area contributed by atoms with Gasteiger partial charge in [-0.2, -0.15) is 4.98 Å². The summed E-state index contributed by atoms with van der Waals surface area (Å²) < 4.78 is 25.3. The Hall–Kier alpha value is -2.71. The molecule has 1 fully saturated rings. The molecule has 7 nitrogen and oxygen atoms in total. The topological polar surface area (TPSA) is 78.4 Å². The molecule has 0 radical (unpaired) electrons. The molecule has 0 aliphatic carbocycles. The number of sulfonamides is 1. The first-order valence-corrected chi connectivity index (χ1v) is 11.6. The van der Waals surface area contributed by atoms with E-state index in [4.69, 9.17) is 9.97 Å². The number of anilines is 2. The third-order valence-electron chi connectivity index (χ3n) is 5.10. The van der Waals surface area contributed by atoms with Crippen molar-refractivity contribution in [1.82, 2.24) is 14.3 Å². The van der Waals surface area contributed by atoms with Gasteiger partial charge >= 0.3 is 0 Å². The lowest BCUT2D eigenvalue weighted by Crippen LogP contribution is -2.35. The van der Waals surface area contributed by atoms with E-state index in [1.807, 2.05) is 42.5 Å². The van der Waals surface area contributed by atoms with Crippen LogP contribution in [0.4, 0.5) is 11.8 Å². The second-order valence-electron chi connectivity index (χ2n) is 7.23. The highest BCUT2D eigenvalue weighted by Gasteiger charge is 2.23. The minimum absolute atomic E-state index is 0.446. The molecule has 29 heavy (non-hydrogen) atoms. The van der Waals surface area contributed by atoms with E-state index >= 15 is 0 Å². The summed E-state index contributed by atoms with van der Waals surface area (Å²) in [5.41, 5.74) is 2.05. The van der Waals surface area contributed by atoms with Crippen LogP contribution in [0.2, 0.25) is 0 Å². The summed E-state index contributed by atoms with van der Waals surface area (Å²) in [6.45, 7) is 2.94. The van der Waals surface area contributed by atoms with Crippen molar-refractivity contribution in [2.24, 2.45) is 0 Å². The van der Waals surface area contributed by atoms with E-state index in [0.717, 1.165) is 29.7 Å². The van der Waals surface area contributed by atoms with Crippen molar-refractivity contribution in [2.45, 2.75) is 13.0 Å². The third-order valence-corrected chi connectivity index (χ3v) is 6.40. The largest absolute Gasteiger partial charge is 0.365 e. The molecule has 0 atom stereocenters. The number of aromatic nitrogens is 2. The second-order valence-corrected chi connectivity index (χ2v) is 9.21. The van der Waals surface area contributed by atoms with Crippen LogP contribution < -0.4 is 10.2 Å². The Balaban J connectivity index is 1.61. The monoisotopic (exact) mass is 411 g/mol. The molecule has 0 unspecified atom stereocenters. The summed E-state index contributed by atoms with van der Waals surface area (Å²) in [7, 11) is -3.18. The highest BCUT2D eigenvalue weighted by molar-refractivity contribution is 7.88. The van der Waals surface area contributed by atoms with E-state index in [2.05, 4.69) is 22.3 Å². The molecule has 2 aromatic carbocycles. The zero-order valence-corrected chi connectivity index (χ0v) is 17.3. The van der Waals surface area contributed by atoms with Gasteiger partial charge in [-0.05, 0) is 24.1 Å². The van der Waals surface area contributed by atoms with Gasteiger partial charge in [0.05, 0.1) is 11.8 Å². The van der Waals surface area contributed by atoms with Crippen molar-refractivity contribution in [1.29, 1.82) is 0 Å². The van der Waals surface area contributed by atoms with Gasteiger partial charge in [-0.15, -0.1) is 0 Å². The lowest BCUT2D eigenvalue weighted by atomic mass is 10.2. The zero-order valence-electron chi connectivity index (χ0n) is 16.5. The Bertz CT molecular complexity index is 1090. The number of para-hydroxylation sites is 1. The van der Waals surface area contributed by atoms with E-state index in [1.54, 1.807) is 0 Å². The Labute approximate surface area is 171 Å². The van der Waals surface area contributed by atoms with Gasteiger partial charge in [-0.25, -0.2) is 17.7 Å². The van der Waals surface area contributed by atoms with Gasteiger partial charge in [0.1, 0.15) is 5.82 Å². The Morgan fingerprint density at radius 2 is 1.69 bits per heavy atom. The van der Waals surface area contributed by atoms with Gasteiger partial charge in [0, 0.05) is 38.1 Å². The van der Waals surface area contributed by atoms with Crippen LogP contribution in [0, 0.1) is 0 Å². The van der Waals surface area contributed by atoms with Gasteiger partial charge in [-0.3, -0.25) is 0 Å². The van der Waals surface area contributed by atoms with Gasteiger partial charge in [-0.1, -0.05) is 42.5 Å². The Morgan fingerprint density at radius 1 is 0.931 bits per heavy atom. The van der Waals surface area contributed by atoms with Crippen molar-refractivity contribution in [2.75, 3.05) is 42.7 Å². The molecule has 1 saturated heterocycles. The minimum Gasteiger partial charge on any atom is -0.365 e. The fraction of sp³-hybridized carbons (Fsp3) is 0.333. The summed E-state index contributed by atoms with van der Waals surface area (Å²) >= 11 is 0. The molecular formula is C21H25N5O2S. The zero-order chi connectivity index (χ0) is 20.3. The molecule has 1 aliphatic rings. The fourth-order valence-corrected chi connectivity index (χ4v) is 4.42. The molecule has 1 N–H and O–H groups in total. The molecule has 152 valence electrons. The van der Waals surface area contributed by atoms with Crippen molar-refractivity contribution >= 4 is 32.7 Å². The normalized spacial score (nSPS) is 16.0. The summed E-state index contributed by atoms with van der Waals surface area (Å²) in [5.74, 6) is 1.42. The van der Waals surface area contributed by atoms with Crippen LogP contribution in [0.25, 0.3) is 10.9 Å². The van der Waals surface area contributed by atoms with Crippen LogP contribution in [0.5, 0.6) is 0 Å². The first-order chi connectivity index (χ1) is 14.0. The molecule has 1 aliphatic heterocycles. The van der Waals surface area contributed by atoms with Gasteiger partial charge in [0.25, 0.3) is 0 Å². The van der Waals surface area contributed by atoms with E-state index in [9.17, 15) is 8.42 Å². The summed E-state index contributed by atoms with van der Waals surface area (Å²) in [6, 6.07) is 18.1. The molecule has 3 aromatic rings. The molecule has 4 rings (SSSR count). The third kappa shape index (κ3) is 4.65. The van der Waals surface area contributed by atoms with Crippen molar-refractivity contribution < 1.29 is 8.42 Å². The SMILES string of the molecule is CS(=O)(=O)N1CCCN(c2nc(NCc3ccccc3)c3ccccc3n2)CC1.